The number of anilines is 2. The third kappa shape index (κ3) is 3.64. The molecule has 132 valence electrons. The Morgan fingerprint density at radius 1 is 1.00 bits per heavy atom. The van der Waals surface area contributed by atoms with Crippen LogP contribution in [0.1, 0.15) is 16.1 Å². The van der Waals surface area contributed by atoms with Gasteiger partial charge in [0.25, 0.3) is 5.91 Å². The van der Waals surface area contributed by atoms with Gasteiger partial charge >= 0.3 is 6.18 Å². The number of nitrogen functional groups attached to an aromatic ring is 1. The van der Waals surface area contributed by atoms with E-state index >= 15 is 0 Å². The van der Waals surface area contributed by atoms with Gasteiger partial charge in [-0.05, 0) is 18.2 Å². The summed E-state index contributed by atoms with van der Waals surface area (Å²) in [5.41, 5.74) is 4.80. The Bertz CT molecular complexity index is 943. The molecule has 8 heteroatoms. The summed E-state index contributed by atoms with van der Waals surface area (Å²) in [5, 5.41) is 2.58. The molecule has 0 radical (unpaired) electrons. The summed E-state index contributed by atoms with van der Waals surface area (Å²) >= 11 is 0. The molecular formula is C18H13F3N4O. The third-order valence-corrected chi connectivity index (χ3v) is 3.56. The molecule has 1 heterocycles. The molecule has 0 atom stereocenters. The van der Waals surface area contributed by atoms with Crippen molar-refractivity contribution in [1.82, 2.24) is 9.97 Å². The summed E-state index contributed by atoms with van der Waals surface area (Å²) in [6, 6.07) is 13.5. The zero-order chi connectivity index (χ0) is 18.7. The summed E-state index contributed by atoms with van der Waals surface area (Å²) in [6.07, 6.45) is -3.45. The molecule has 0 spiro atoms. The first-order valence-electron chi connectivity index (χ1n) is 7.52. The lowest BCUT2D eigenvalue weighted by atomic mass is 10.0. The minimum absolute atomic E-state index is 0.0923. The second kappa shape index (κ2) is 6.83. The Kier molecular flexibility index (Phi) is 4.57. The Hall–Kier alpha value is -3.42. The highest BCUT2D eigenvalue weighted by molar-refractivity contribution is 6.06. The SMILES string of the molecule is Nc1ncc(-c2ccccc2C(F)(F)F)nc1C(=O)Nc1ccccc1. The number of amides is 1. The number of aromatic nitrogens is 2. The Morgan fingerprint density at radius 2 is 1.65 bits per heavy atom. The van der Waals surface area contributed by atoms with Gasteiger partial charge in [-0.3, -0.25) is 4.79 Å². The van der Waals surface area contributed by atoms with E-state index < -0.39 is 17.6 Å². The fraction of sp³-hybridized carbons (Fsp3) is 0.0556. The van der Waals surface area contributed by atoms with Crippen LogP contribution in [0.5, 0.6) is 0 Å². The highest BCUT2D eigenvalue weighted by atomic mass is 19.4. The molecular weight excluding hydrogens is 345 g/mol. The Balaban J connectivity index is 2.00. The predicted molar refractivity (Wildman–Crippen MR) is 91.3 cm³/mol. The lowest BCUT2D eigenvalue weighted by Gasteiger charge is -2.13. The van der Waals surface area contributed by atoms with Crippen LogP contribution in [0.4, 0.5) is 24.7 Å². The fourth-order valence-corrected chi connectivity index (χ4v) is 2.36. The van der Waals surface area contributed by atoms with Gasteiger partial charge in [0.2, 0.25) is 0 Å². The van der Waals surface area contributed by atoms with Crippen molar-refractivity contribution < 1.29 is 18.0 Å². The van der Waals surface area contributed by atoms with Crippen molar-refractivity contribution in [2.75, 3.05) is 11.1 Å². The number of hydrogen-bond donors (Lipinski definition) is 2. The quantitative estimate of drug-likeness (QED) is 0.742. The van der Waals surface area contributed by atoms with E-state index in [9.17, 15) is 18.0 Å². The van der Waals surface area contributed by atoms with Crippen LogP contribution >= 0.6 is 0 Å². The number of halogens is 3. The second-order valence-electron chi connectivity index (χ2n) is 5.35. The molecule has 3 rings (SSSR count). The first-order valence-corrected chi connectivity index (χ1v) is 7.52. The zero-order valence-corrected chi connectivity index (χ0v) is 13.3. The number of nitrogens with one attached hydrogen (secondary N) is 1. The molecule has 26 heavy (non-hydrogen) atoms. The van der Waals surface area contributed by atoms with Crippen LogP contribution in [0.25, 0.3) is 11.3 Å². The molecule has 0 saturated carbocycles. The van der Waals surface area contributed by atoms with E-state index in [0.29, 0.717) is 5.69 Å². The maximum Gasteiger partial charge on any atom is 0.417 e. The van der Waals surface area contributed by atoms with Crippen molar-refractivity contribution in [1.29, 1.82) is 0 Å². The molecule has 0 fully saturated rings. The van der Waals surface area contributed by atoms with Crippen LogP contribution in [0.3, 0.4) is 0 Å². The average Bonchev–Trinajstić information content (AvgIpc) is 2.62. The Labute approximate surface area is 146 Å². The normalized spacial score (nSPS) is 11.2. The number of benzene rings is 2. The number of alkyl halides is 3. The van der Waals surface area contributed by atoms with E-state index in [-0.39, 0.29) is 22.8 Å². The maximum absolute atomic E-state index is 13.2. The highest BCUT2D eigenvalue weighted by Crippen LogP contribution is 2.36. The minimum atomic E-state index is -4.56. The van der Waals surface area contributed by atoms with Gasteiger partial charge in [0.15, 0.2) is 11.5 Å². The third-order valence-electron chi connectivity index (χ3n) is 3.56. The van der Waals surface area contributed by atoms with Gasteiger partial charge in [0, 0.05) is 11.3 Å². The molecule has 1 aromatic heterocycles. The van der Waals surface area contributed by atoms with Crippen LogP contribution in [-0.4, -0.2) is 15.9 Å². The number of para-hydroxylation sites is 1. The maximum atomic E-state index is 13.2. The van der Waals surface area contributed by atoms with Crippen molar-refractivity contribution in [2.24, 2.45) is 0 Å². The first kappa shape index (κ1) is 17.4. The van der Waals surface area contributed by atoms with Gasteiger partial charge in [-0.2, -0.15) is 13.2 Å². The van der Waals surface area contributed by atoms with E-state index in [1.807, 2.05) is 0 Å². The van der Waals surface area contributed by atoms with Gasteiger partial charge in [-0.1, -0.05) is 36.4 Å². The van der Waals surface area contributed by atoms with Crippen molar-refractivity contribution in [2.45, 2.75) is 6.18 Å². The zero-order valence-electron chi connectivity index (χ0n) is 13.3. The van der Waals surface area contributed by atoms with Gasteiger partial charge < -0.3 is 11.1 Å². The molecule has 2 aromatic carbocycles. The van der Waals surface area contributed by atoms with Crippen LogP contribution in [0.2, 0.25) is 0 Å². The van der Waals surface area contributed by atoms with Gasteiger partial charge in [-0.25, -0.2) is 9.97 Å². The molecule has 0 aliphatic carbocycles. The van der Waals surface area contributed by atoms with E-state index in [0.717, 1.165) is 12.3 Å². The molecule has 3 aromatic rings. The predicted octanol–water partition coefficient (Wildman–Crippen LogP) is 4.00. The minimum Gasteiger partial charge on any atom is -0.382 e. The highest BCUT2D eigenvalue weighted by Gasteiger charge is 2.34. The number of nitrogens with two attached hydrogens (primary N) is 1. The smallest absolute Gasteiger partial charge is 0.382 e. The van der Waals surface area contributed by atoms with E-state index in [2.05, 4.69) is 15.3 Å². The number of carbonyl (C=O) groups excluding carboxylic acids is 1. The molecule has 0 aliphatic heterocycles. The van der Waals surface area contributed by atoms with E-state index in [4.69, 9.17) is 5.73 Å². The standard InChI is InChI=1S/C18H13F3N4O/c19-18(20,21)13-9-5-4-8-12(13)14-10-23-16(22)15(25-14)17(26)24-11-6-2-1-3-7-11/h1-10H,(H2,22,23)(H,24,26). The lowest BCUT2D eigenvalue weighted by Crippen LogP contribution is -2.17. The van der Waals surface area contributed by atoms with Crippen molar-refractivity contribution in [3.8, 4) is 11.3 Å². The lowest BCUT2D eigenvalue weighted by molar-refractivity contribution is -0.137. The van der Waals surface area contributed by atoms with Crippen molar-refractivity contribution in [3.05, 3.63) is 72.1 Å². The first-order chi connectivity index (χ1) is 12.4. The van der Waals surface area contributed by atoms with Crippen LogP contribution in [0.15, 0.2) is 60.8 Å². The van der Waals surface area contributed by atoms with Gasteiger partial charge in [0.1, 0.15) is 0 Å². The molecule has 0 unspecified atom stereocenters. The van der Waals surface area contributed by atoms with Gasteiger partial charge in [-0.15, -0.1) is 0 Å². The number of carbonyl (C=O) groups is 1. The largest absolute Gasteiger partial charge is 0.417 e. The topological polar surface area (TPSA) is 80.9 Å². The fourth-order valence-electron chi connectivity index (χ4n) is 2.36. The Morgan fingerprint density at radius 3 is 2.35 bits per heavy atom. The monoisotopic (exact) mass is 358 g/mol. The van der Waals surface area contributed by atoms with Crippen LogP contribution in [-0.2, 0) is 6.18 Å². The number of rotatable bonds is 3. The van der Waals surface area contributed by atoms with E-state index in [1.165, 1.54) is 18.2 Å². The molecule has 0 saturated heterocycles. The number of nitrogens with zero attached hydrogens (tertiary/aromatic N) is 2. The van der Waals surface area contributed by atoms with Crippen molar-refractivity contribution in [3.63, 3.8) is 0 Å². The molecule has 3 N–H and O–H groups in total. The van der Waals surface area contributed by atoms with Crippen LogP contribution in [0, 0.1) is 0 Å². The van der Waals surface area contributed by atoms with Crippen molar-refractivity contribution >= 4 is 17.4 Å². The molecule has 5 nitrogen and oxygen atoms in total. The number of hydrogen-bond acceptors (Lipinski definition) is 4. The molecule has 0 aliphatic rings. The molecule has 0 bridgehead atoms. The van der Waals surface area contributed by atoms with E-state index in [1.54, 1.807) is 30.3 Å². The summed E-state index contributed by atoms with van der Waals surface area (Å²) in [5.74, 6) is -0.834. The summed E-state index contributed by atoms with van der Waals surface area (Å²) < 4.78 is 39.6. The van der Waals surface area contributed by atoms with Gasteiger partial charge in [0.05, 0.1) is 17.5 Å². The average molecular weight is 358 g/mol. The summed E-state index contributed by atoms with van der Waals surface area (Å²) in [4.78, 5) is 20.2. The summed E-state index contributed by atoms with van der Waals surface area (Å²) in [7, 11) is 0. The summed E-state index contributed by atoms with van der Waals surface area (Å²) in [6.45, 7) is 0. The molecule has 1 amide bonds. The second-order valence-corrected chi connectivity index (χ2v) is 5.35. The van der Waals surface area contributed by atoms with Crippen LogP contribution < -0.4 is 11.1 Å².